The van der Waals surface area contributed by atoms with Gasteiger partial charge < -0.3 is 20.1 Å². The number of aliphatic imine (C=N–C) groups is 1. The van der Waals surface area contributed by atoms with Crippen LogP contribution >= 0.6 is 0 Å². The van der Waals surface area contributed by atoms with E-state index in [-0.39, 0.29) is 5.54 Å². The highest BCUT2D eigenvalue weighted by Crippen LogP contribution is 2.19. The molecule has 1 aromatic rings. The lowest BCUT2D eigenvalue weighted by Crippen LogP contribution is -2.56. The second kappa shape index (κ2) is 10.5. The minimum atomic E-state index is 0.0513. The molecule has 1 aliphatic heterocycles. The van der Waals surface area contributed by atoms with Crippen LogP contribution in [0.15, 0.2) is 23.2 Å². The fraction of sp³-hybridized carbons (Fsp3) is 0.667. The Morgan fingerprint density at radius 1 is 1.22 bits per heavy atom. The van der Waals surface area contributed by atoms with Crippen molar-refractivity contribution in [2.75, 3.05) is 46.0 Å². The molecule has 27 heavy (non-hydrogen) atoms. The third-order valence-corrected chi connectivity index (χ3v) is 4.86. The van der Waals surface area contributed by atoms with Gasteiger partial charge in [-0.1, -0.05) is 12.1 Å². The zero-order valence-electron chi connectivity index (χ0n) is 17.6. The first-order valence-corrected chi connectivity index (χ1v) is 10.0. The molecule has 0 spiro atoms. The monoisotopic (exact) mass is 376 g/mol. The molecular weight excluding hydrogens is 340 g/mol. The van der Waals surface area contributed by atoms with E-state index < -0.39 is 0 Å². The summed E-state index contributed by atoms with van der Waals surface area (Å²) in [6.45, 7) is 17.3. The van der Waals surface area contributed by atoms with Crippen molar-refractivity contribution in [3.05, 3.63) is 29.3 Å². The van der Waals surface area contributed by atoms with E-state index in [0.29, 0.717) is 13.2 Å². The van der Waals surface area contributed by atoms with Gasteiger partial charge in [-0.05, 0) is 51.8 Å². The number of benzene rings is 1. The average molecular weight is 377 g/mol. The maximum atomic E-state index is 5.62. The first-order valence-electron chi connectivity index (χ1n) is 10.0. The van der Waals surface area contributed by atoms with Crippen LogP contribution in [0.2, 0.25) is 0 Å². The summed E-state index contributed by atoms with van der Waals surface area (Å²) in [6, 6.07) is 6.27. The second-order valence-electron chi connectivity index (χ2n) is 7.49. The number of hydrogen-bond acceptors (Lipinski definition) is 4. The van der Waals surface area contributed by atoms with Crippen LogP contribution in [0.5, 0.6) is 5.75 Å². The molecule has 0 saturated carbocycles. The molecule has 1 heterocycles. The van der Waals surface area contributed by atoms with Gasteiger partial charge in [-0.2, -0.15) is 0 Å². The highest BCUT2D eigenvalue weighted by atomic mass is 16.5. The summed E-state index contributed by atoms with van der Waals surface area (Å²) in [5, 5.41) is 6.85. The molecule has 0 bridgehead atoms. The summed E-state index contributed by atoms with van der Waals surface area (Å²) in [5.41, 5.74) is 2.38. The Labute approximate surface area is 164 Å². The standard InChI is InChI=1S/C21H36N4O2/c1-6-22-20(24-16-21(4,5)25-10-12-26-13-11-25)23-15-18-8-9-19(27-7-2)17(3)14-18/h8-9,14H,6-7,10-13,15-16H2,1-5H3,(H2,22,23,24). The predicted molar refractivity (Wildman–Crippen MR) is 112 cm³/mol. The van der Waals surface area contributed by atoms with Crippen molar-refractivity contribution in [1.29, 1.82) is 0 Å². The van der Waals surface area contributed by atoms with Crippen LogP contribution in [0.25, 0.3) is 0 Å². The van der Waals surface area contributed by atoms with Crippen LogP contribution in [0.1, 0.15) is 38.8 Å². The van der Waals surface area contributed by atoms with Gasteiger partial charge in [0.1, 0.15) is 5.75 Å². The molecule has 1 aliphatic rings. The molecule has 2 N–H and O–H groups in total. The predicted octanol–water partition coefficient (Wildman–Crippen LogP) is 2.56. The summed E-state index contributed by atoms with van der Waals surface area (Å²) in [6.07, 6.45) is 0. The van der Waals surface area contributed by atoms with Gasteiger partial charge in [0.15, 0.2) is 5.96 Å². The largest absolute Gasteiger partial charge is 0.494 e. The molecule has 152 valence electrons. The Hall–Kier alpha value is -1.79. The van der Waals surface area contributed by atoms with Crippen LogP contribution in [0.4, 0.5) is 0 Å². The lowest BCUT2D eigenvalue weighted by molar-refractivity contribution is -0.00834. The van der Waals surface area contributed by atoms with Gasteiger partial charge in [-0.15, -0.1) is 0 Å². The van der Waals surface area contributed by atoms with Crippen molar-refractivity contribution in [1.82, 2.24) is 15.5 Å². The molecule has 0 unspecified atom stereocenters. The van der Waals surface area contributed by atoms with Crippen molar-refractivity contribution in [3.63, 3.8) is 0 Å². The van der Waals surface area contributed by atoms with Crippen LogP contribution in [0, 0.1) is 6.92 Å². The Balaban J connectivity index is 1.96. The summed E-state index contributed by atoms with van der Waals surface area (Å²) in [7, 11) is 0. The number of nitrogens with zero attached hydrogens (tertiary/aromatic N) is 2. The summed E-state index contributed by atoms with van der Waals surface area (Å²) in [5.74, 6) is 1.80. The Morgan fingerprint density at radius 2 is 1.96 bits per heavy atom. The van der Waals surface area contributed by atoms with Gasteiger partial charge in [-0.3, -0.25) is 4.90 Å². The third kappa shape index (κ3) is 6.70. The van der Waals surface area contributed by atoms with Gasteiger partial charge in [-0.25, -0.2) is 4.99 Å². The molecule has 0 aromatic heterocycles. The van der Waals surface area contributed by atoms with Gasteiger partial charge in [0, 0.05) is 31.7 Å². The molecule has 0 radical (unpaired) electrons. The fourth-order valence-corrected chi connectivity index (χ4v) is 3.22. The quantitative estimate of drug-likeness (QED) is 0.539. The maximum absolute atomic E-state index is 5.62. The first kappa shape index (κ1) is 21.5. The lowest BCUT2D eigenvalue weighted by Gasteiger charge is -2.41. The number of morpholine rings is 1. The number of guanidine groups is 1. The molecule has 2 rings (SSSR count). The summed E-state index contributed by atoms with van der Waals surface area (Å²) < 4.78 is 11.1. The Bertz CT molecular complexity index is 610. The van der Waals surface area contributed by atoms with Crippen molar-refractivity contribution >= 4 is 5.96 Å². The zero-order chi connectivity index (χ0) is 19.7. The van der Waals surface area contributed by atoms with E-state index in [1.54, 1.807) is 0 Å². The topological polar surface area (TPSA) is 58.1 Å². The minimum Gasteiger partial charge on any atom is -0.494 e. The number of aryl methyl sites for hydroxylation is 1. The lowest BCUT2D eigenvalue weighted by atomic mass is 10.0. The van der Waals surface area contributed by atoms with Crippen molar-refractivity contribution in [2.45, 2.75) is 46.7 Å². The van der Waals surface area contributed by atoms with E-state index in [1.807, 2.05) is 13.0 Å². The second-order valence-corrected chi connectivity index (χ2v) is 7.49. The van der Waals surface area contributed by atoms with Crippen LogP contribution in [-0.4, -0.2) is 62.4 Å². The fourth-order valence-electron chi connectivity index (χ4n) is 3.22. The van der Waals surface area contributed by atoms with Crippen molar-refractivity contribution < 1.29 is 9.47 Å². The minimum absolute atomic E-state index is 0.0513. The molecule has 0 amide bonds. The van der Waals surface area contributed by atoms with Gasteiger partial charge in [0.05, 0.1) is 26.4 Å². The van der Waals surface area contributed by atoms with E-state index in [2.05, 4.69) is 55.4 Å². The molecule has 1 aromatic carbocycles. The first-order chi connectivity index (χ1) is 13.0. The van der Waals surface area contributed by atoms with Crippen LogP contribution in [-0.2, 0) is 11.3 Å². The molecule has 6 nitrogen and oxygen atoms in total. The molecule has 0 atom stereocenters. The number of ether oxygens (including phenoxy) is 2. The smallest absolute Gasteiger partial charge is 0.191 e. The summed E-state index contributed by atoms with van der Waals surface area (Å²) >= 11 is 0. The van der Waals surface area contributed by atoms with E-state index >= 15 is 0 Å². The van der Waals surface area contributed by atoms with Crippen LogP contribution < -0.4 is 15.4 Å². The number of nitrogens with one attached hydrogen (secondary N) is 2. The molecule has 0 aliphatic carbocycles. The van der Waals surface area contributed by atoms with Crippen molar-refractivity contribution in [3.8, 4) is 5.75 Å². The third-order valence-electron chi connectivity index (χ3n) is 4.86. The molecule has 1 fully saturated rings. The Kier molecular flexibility index (Phi) is 8.38. The number of rotatable bonds is 8. The van der Waals surface area contributed by atoms with Crippen LogP contribution in [0.3, 0.4) is 0 Å². The van der Waals surface area contributed by atoms with Gasteiger partial charge >= 0.3 is 0 Å². The molecule has 6 heteroatoms. The van der Waals surface area contributed by atoms with Crippen molar-refractivity contribution in [2.24, 2.45) is 4.99 Å². The van der Waals surface area contributed by atoms with E-state index in [9.17, 15) is 0 Å². The number of hydrogen-bond donors (Lipinski definition) is 2. The van der Waals surface area contributed by atoms with Gasteiger partial charge in [0.25, 0.3) is 0 Å². The highest BCUT2D eigenvalue weighted by Gasteiger charge is 2.28. The highest BCUT2D eigenvalue weighted by molar-refractivity contribution is 5.79. The zero-order valence-corrected chi connectivity index (χ0v) is 17.6. The van der Waals surface area contributed by atoms with E-state index in [0.717, 1.165) is 56.7 Å². The molecule has 1 saturated heterocycles. The Morgan fingerprint density at radius 3 is 2.59 bits per heavy atom. The normalized spacial score (nSPS) is 16.3. The van der Waals surface area contributed by atoms with Gasteiger partial charge in [0.2, 0.25) is 0 Å². The van der Waals surface area contributed by atoms with E-state index in [4.69, 9.17) is 14.5 Å². The average Bonchev–Trinajstić information content (AvgIpc) is 2.67. The summed E-state index contributed by atoms with van der Waals surface area (Å²) in [4.78, 5) is 7.23. The SMILES string of the molecule is CCNC(=NCc1ccc(OCC)c(C)c1)NCC(C)(C)N1CCOCC1. The van der Waals surface area contributed by atoms with E-state index in [1.165, 1.54) is 5.56 Å². The maximum Gasteiger partial charge on any atom is 0.191 e. The molecular formula is C21H36N4O2.